The van der Waals surface area contributed by atoms with Crippen molar-refractivity contribution in [2.75, 3.05) is 6.54 Å². The molecule has 4 atom stereocenters. The van der Waals surface area contributed by atoms with Crippen LogP contribution in [0.15, 0.2) is 4.99 Å². The molecule has 25 heavy (non-hydrogen) atoms. The number of hydrogen-bond donors (Lipinski definition) is 6. The van der Waals surface area contributed by atoms with E-state index in [1.165, 1.54) is 6.92 Å². The lowest BCUT2D eigenvalue weighted by atomic mass is 9.99. The minimum atomic E-state index is -1.17. The van der Waals surface area contributed by atoms with Crippen molar-refractivity contribution in [1.82, 2.24) is 10.6 Å². The molecule has 0 saturated heterocycles. The zero-order chi connectivity index (χ0) is 19.6. The molecule has 2 amide bonds. The molecule has 0 fully saturated rings. The van der Waals surface area contributed by atoms with Gasteiger partial charge in [0.05, 0.1) is 6.04 Å². The Hall–Kier alpha value is -2.36. The average molecular weight is 358 g/mol. The molecular weight excluding hydrogens is 328 g/mol. The van der Waals surface area contributed by atoms with E-state index in [1.54, 1.807) is 0 Å². The third kappa shape index (κ3) is 8.89. The lowest BCUT2D eigenvalue weighted by Crippen LogP contribution is -2.54. The predicted octanol–water partition coefficient (Wildman–Crippen LogP) is -1.51. The van der Waals surface area contributed by atoms with Gasteiger partial charge in [0, 0.05) is 6.54 Å². The van der Waals surface area contributed by atoms with Crippen molar-refractivity contribution in [3.05, 3.63) is 0 Å². The monoisotopic (exact) mass is 358 g/mol. The summed E-state index contributed by atoms with van der Waals surface area (Å²) < 4.78 is 0. The predicted molar refractivity (Wildman–Crippen MR) is 94.5 cm³/mol. The van der Waals surface area contributed by atoms with E-state index in [4.69, 9.17) is 17.2 Å². The van der Waals surface area contributed by atoms with Gasteiger partial charge in [0.15, 0.2) is 5.96 Å². The molecule has 0 spiro atoms. The van der Waals surface area contributed by atoms with Gasteiger partial charge < -0.3 is 32.9 Å². The molecule has 0 rings (SSSR count). The third-order valence-electron chi connectivity index (χ3n) is 3.87. The Balaban J connectivity index is 4.55. The third-order valence-corrected chi connectivity index (χ3v) is 3.87. The molecule has 9 N–H and O–H groups in total. The van der Waals surface area contributed by atoms with Crippen molar-refractivity contribution < 1.29 is 19.5 Å². The number of carbonyl (C=O) groups excluding carboxylic acids is 2. The van der Waals surface area contributed by atoms with Gasteiger partial charge in [0.2, 0.25) is 11.8 Å². The molecule has 0 aliphatic rings. The van der Waals surface area contributed by atoms with Gasteiger partial charge in [-0.1, -0.05) is 20.3 Å². The van der Waals surface area contributed by atoms with Crippen LogP contribution in [0.3, 0.4) is 0 Å². The Kier molecular flexibility index (Phi) is 10.2. The van der Waals surface area contributed by atoms with E-state index in [0.717, 1.165) is 6.42 Å². The maximum absolute atomic E-state index is 12.1. The number of amides is 2. The van der Waals surface area contributed by atoms with Crippen LogP contribution in [-0.2, 0) is 14.4 Å². The molecule has 0 aliphatic heterocycles. The quantitative estimate of drug-likeness (QED) is 0.147. The standard InChI is InChI=1S/C15H30N6O4/c1-4-8(2)11(16)13(23)20-9(3)12(22)21-10(14(24)25)6-5-7-19-15(17)18/h8-11H,4-7,16H2,1-3H3,(H,20,23)(H,21,22)(H,24,25)(H4,17,18,19)/t8-,9-,10+,11-/m0/s1. The van der Waals surface area contributed by atoms with E-state index >= 15 is 0 Å². The van der Waals surface area contributed by atoms with E-state index in [2.05, 4.69) is 15.6 Å². The van der Waals surface area contributed by atoms with Crippen LogP contribution >= 0.6 is 0 Å². The first-order chi connectivity index (χ1) is 11.6. The largest absolute Gasteiger partial charge is 0.480 e. The molecule has 0 unspecified atom stereocenters. The molecule has 0 heterocycles. The van der Waals surface area contributed by atoms with Crippen LogP contribution in [0, 0.1) is 5.92 Å². The first kappa shape index (κ1) is 22.6. The molecule has 0 aliphatic carbocycles. The molecule has 0 aromatic heterocycles. The molecule has 0 aromatic rings. The number of nitrogens with zero attached hydrogens (tertiary/aromatic N) is 1. The van der Waals surface area contributed by atoms with Gasteiger partial charge in [-0.05, 0) is 25.7 Å². The highest BCUT2D eigenvalue weighted by atomic mass is 16.4. The summed E-state index contributed by atoms with van der Waals surface area (Å²) in [5, 5.41) is 14.1. The van der Waals surface area contributed by atoms with E-state index < -0.39 is 35.9 Å². The van der Waals surface area contributed by atoms with Gasteiger partial charge in [0.25, 0.3) is 0 Å². The van der Waals surface area contributed by atoms with Gasteiger partial charge in [-0.15, -0.1) is 0 Å². The fraction of sp³-hybridized carbons (Fsp3) is 0.733. The van der Waals surface area contributed by atoms with E-state index in [1.807, 2.05) is 13.8 Å². The van der Waals surface area contributed by atoms with Gasteiger partial charge >= 0.3 is 5.97 Å². The highest BCUT2D eigenvalue weighted by Gasteiger charge is 2.26. The van der Waals surface area contributed by atoms with Crippen LogP contribution in [0.4, 0.5) is 0 Å². The fourth-order valence-corrected chi connectivity index (χ4v) is 1.95. The number of aliphatic imine (C=N–C) groups is 1. The maximum Gasteiger partial charge on any atom is 0.326 e. The molecular formula is C15H30N6O4. The zero-order valence-electron chi connectivity index (χ0n) is 15.0. The summed E-state index contributed by atoms with van der Waals surface area (Å²) >= 11 is 0. The number of rotatable bonds is 11. The Morgan fingerprint density at radius 1 is 1.12 bits per heavy atom. The van der Waals surface area contributed by atoms with Crippen molar-refractivity contribution in [2.45, 2.75) is 58.2 Å². The molecule has 10 heteroatoms. The molecule has 0 radical (unpaired) electrons. The maximum atomic E-state index is 12.1. The second-order valence-corrected chi connectivity index (χ2v) is 5.99. The fourth-order valence-electron chi connectivity index (χ4n) is 1.95. The molecule has 0 aromatic carbocycles. The van der Waals surface area contributed by atoms with Crippen molar-refractivity contribution in [3.63, 3.8) is 0 Å². The Morgan fingerprint density at radius 2 is 1.72 bits per heavy atom. The summed E-state index contributed by atoms with van der Waals surface area (Å²) in [6.45, 7) is 5.48. The number of aliphatic carboxylic acids is 1. The number of carboxylic acid groups (broad SMARTS) is 1. The number of guanidine groups is 1. The van der Waals surface area contributed by atoms with Crippen LogP contribution in [0.25, 0.3) is 0 Å². The average Bonchev–Trinajstić information content (AvgIpc) is 2.55. The molecule has 0 bridgehead atoms. The van der Waals surface area contributed by atoms with Crippen molar-refractivity contribution >= 4 is 23.7 Å². The van der Waals surface area contributed by atoms with Crippen molar-refractivity contribution in [2.24, 2.45) is 28.1 Å². The summed E-state index contributed by atoms with van der Waals surface area (Å²) in [5.74, 6) is -2.33. The smallest absolute Gasteiger partial charge is 0.326 e. The first-order valence-corrected chi connectivity index (χ1v) is 8.24. The molecule has 144 valence electrons. The minimum absolute atomic E-state index is 0.0300. The van der Waals surface area contributed by atoms with Crippen LogP contribution in [0.5, 0.6) is 0 Å². The Bertz CT molecular complexity index is 492. The van der Waals surface area contributed by atoms with Gasteiger partial charge in [-0.2, -0.15) is 0 Å². The normalized spacial score (nSPS) is 15.4. The number of hydrogen-bond acceptors (Lipinski definition) is 5. The second-order valence-electron chi connectivity index (χ2n) is 5.99. The highest BCUT2D eigenvalue weighted by Crippen LogP contribution is 2.05. The van der Waals surface area contributed by atoms with Crippen LogP contribution < -0.4 is 27.8 Å². The van der Waals surface area contributed by atoms with Crippen LogP contribution in [-0.4, -0.2) is 53.5 Å². The lowest BCUT2D eigenvalue weighted by Gasteiger charge is -2.22. The van der Waals surface area contributed by atoms with E-state index in [9.17, 15) is 19.5 Å². The minimum Gasteiger partial charge on any atom is -0.480 e. The van der Waals surface area contributed by atoms with Crippen LogP contribution in [0.2, 0.25) is 0 Å². The van der Waals surface area contributed by atoms with Gasteiger partial charge in [-0.25, -0.2) is 4.79 Å². The first-order valence-electron chi connectivity index (χ1n) is 8.24. The number of carbonyl (C=O) groups is 3. The van der Waals surface area contributed by atoms with E-state index in [0.29, 0.717) is 6.42 Å². The highest BCUT2D eigenvalue weighted by molar-refractivity contribution is 5.91. The molecule has 0 saturated carbocycles. The topological polar surface area (TPSA) is 186 Å². The summed E-state index contributed by atoms with van der Waals surface area (Å²) in [7, 11) is 0. The summed E-state index contributed by atoms with van der Waals surface area (Å²) in [6, 6.07) is -2.72. The lowest BCUT2D eigenvalue weighted by molar-refractivity contribution is -0.142. The second kappa shape index (κ2) is 11.2. The SMILES string of the molecule is CC[C@H](C)[C@H](N)C(=O)N[C@@H](C)C(=O)N[C@H](CCCN=C(N)N)C(=O)O. The number of nitrogens with two attached hydrogens (primary N) is 3. The summed E-state index contributed by atoms with van der Waals surface area (Å²) in [5.41, 5.74) is 16.2. The van der Waals surface area contributed by atoms with Crippen molar-refractivity contribution in [1.29, 1.82) is 0 Å². The number of nitrogens with one attached hydrogen (secondary N) is 2. The number of carboxylic acids is 1. The summed E-state index contributed by atoms with van der Waals surface area (Å²) in [4.78, 5) is 39.1. The van der Waals surface area contributed by atoms with Crippen LogP contribution in [0.1, 0.15) is 40.0 Å². The molecule has 10 nitrogen and oxygen atoms in total. The Morgan fingerprint density at radius 3 is 2.20 bits per heavy atom. The zero-order valence-corrected chi connectivity index (χ0v) is 15.0. The Labute approximate surface area is 147 Å². The van der Waals surface area contributed by atoms with Crippen molar-refractivity contribution in [3.8, 4) is 0 Å². The van der Waals surface area contributed by atoms with Gasteiger partial charge in [0.1, 0.15) is 12.1 Å². The van der Waals surface area contributed by atoms with Gasteiger partial charge in [-0.3, -0.25) is 14.6 Å². The summed E-state index contributed by atoms with van der Waals surface area (Å²) in [6.07, 6.45) is 1.27. The van der Waals surface area contributed by atoms with E-state index in [-0.39, 0.29) is 24.8 Å².